The summed E-state index contributed by atoms with van der Waals surface area (Å²) in [5.74, 6) is 1.20. The highest BCUT2D eigenvalue weighted by Gasteiger charge is 2.27. The predicted molar refractivity (Wildman–Crippen MR) is 136 cm³/mol. The summed E-state index contributed by atoms with van der Waals surface area (Å²) in [5, 5.41) is 6.99. The van der Waals surface area contributed by atoms with Crippen LogP contribution in [0.4, 0.5) is 5.69 Å². The van der Waals surface area contributed by atoms with E-state index in [9.17, 15) is 4.79 Å². The van der Waals surface area contributed by atoms with E-state index < -0.39 is 0 Å². The van der Waals surface area contributed by atoms with Crippen LogP contribution in [0.15, 0.2) is 71.6 Å². The van der Waals surface area contributed by atoms with Crippen molar-refractivity contribution in [1.29, 1.82) is 0 Å². The van der Waals surface area contributed by atoms with Crippen molar-refractivity contribution in [3.8, 4) is 11.5 Å². The number of carbonyl (C=O) groups is 1. The first-order chi connectivity index (χ1) is 16.0. The van der Waals surface area contributed by atoms with Crippen molar-refractivity contribution in [1.82, 2.24) is 5.32 Å². The van der Waals surface area contributed by atoms with E-state index in [2.05, 4.69) is 10.6 Å². The number of hydrogen-bond donors (Lipinski definition) is 2. The lowest BCUT2D eigenvalue weighted by atomic mass is 10.2. The van der Waals surface area contributed by atoms with E-state index in [4.69, 9.17) is 21.1 Å². The standard InChI is InChI=1S/C26H25ClN2O3S/c1-3-31-23-14-19(9-12-22(23)32-16-18-7-5-4-6-8-18)15-24-25(30)29-26(33-24)28-21-11-10-20(27)13-17(21)2/h4-15,26,28H,3,16H2,1-2H3,(H,29,30)/b24-15-. The lowest BCUT2D eigenvalue weighted by molar-refractivity contribution is -0.116. The van der Waals surface area contributed by atoms with E-state index in [1.807, 2.05) is 86.7 Å². The van der Waals surface area contributed by atoms with E-state index in [0.29, 0.717) is 34.6 Å². The summed E-state index contributed by atoms with van der Waals surface area (Å²) in [4.78, 5) is 13.2. The smallest absolute Gasteiger partial charge is 0.260 e. The molecule has 1 saturated heterocycles. The summed E-state index contributed by atoms with van der Waals surface area (Å²) in [6, 6.07) is 21.3. The van der Waals surface area contributed by atoms with Crippen molar-refractivity contribution in [2.24, 2.45) is 0 Å². The molecular formula is C26H25ClN2O3S. The maximum absolute atomic E-state index is 12.5. The van der Waals surface area contributed by atoms with E-state index >= 15 is 0 Å². The summed E-state index contributed by atoms with van der Waals surface area (Å²) in [6.07, 6.45) is 1.86. The van der Waals surface area contributed by atoms with Gasteiger partial charge in [-0.3, -0.25) is 4.79 Å². The SMILES string of the molecule is CCOc1cc(/C=C2\SC(Nc3ccc(Cl)cc3C)NC2=O)ccc1OCc1ccccc1. The molecule has 1 aliphatic heterocycles. The fourth-order valence-corrected chi connectivity index (χ4v) is 4.59. The van der Waals surface area contributed by atoms with Crippen molar-refractivity contribution < 1.29 is 14.3 Å². The summed E-state index contributed by atoms with van der Waals surface area (Å²) in [5.41, 5.74) is 3.63. The number of rotatable bonds is 8. The molecule has 170 valence electrons. The number of aryl methyl sites for hydroxylation is 1. The number of thioether (sulfide) groups is 1. The van der Waals surface area contributed by atoms with Gasteiger partial charge < -0.3 is 20.1 Å². The third-order valence-corrected chi connectivity index (χ3v) is 6.27. The van der Waals surface area contributed by atoms with Crippen molar-refractivity contribution in [3.63, 3.8) is 0 Å². The van der Waals surface area contributed by atoms with Crippen LogP contribution in [-0.4, -0.2) is 18.0 Å². The summed E-state index contributed by atoms with van der Waals surface area (Å²) >= 11 is 7.47. The second-order valence-corrected chi connectivity index (χ2v) is 9.08. The lowest BCUT2D eigenvalue weighted by Crippen LogP contribution is -2.31. The van der Waals surface area contributed by atoms with Gasteiger partial charge in [-0.15, -0.1) is 0 Å². The van der Waals surface area contributed by atoms with Crippen LogP contribution in [0.2, 0.25) is 5.02 Å². The molecule has 7 heteroatoms. The molecule has 3 aromatic carbocycles. The maximum Gasteiger partial charge on any atom is 0.260 e. The number of amides is 1. The second-order valence-electron chi connectivity index (χ2n) is 7.50. The van der Waals surface area contributed by atoms with Gasteiger partial charge in [-0.25, -0.2) is 0 Å². The monoisotopic (exact) mass is 480 g/mol. The Labute approximate surface area is 203 Å². The van der Waals surface area contributed by atoms with Crippen LogP contribution in [0.5, 0.6) is 11.5 Å². The molecule has 1 fully saturated rings. The van der Waals surface area contributed by atoms with E-state index in [1.165, 1.54) is 11.8 Å². The number of halogens is 1. The van der Waals surface area contributed by atoms with Gasteiger partial charge in [0, 0.05) is 10.7 Å². The van der Waals surface area contributed by atoms with Gasteiger partial charge in [-0.05, 0) is 66.9 Å². The number of hydrogen-bond acceptors (Lipinski definition) is 5. The Balaban J connectivity index is 1.47. The molecule has 1 atom stereocenters. The Morgan fingerprint density at radius 2 is 1.88 bits per heavy atom. The number of carbonyl (C=O) groups excluding carboxylic acids is 1. The normalized spacial score (nSPS) is 16.5. The van der Waals surface area contributed by atoms with Gasteiger partial charge in [0.15, 0.2) is 17.0 Å². The highest BCUT2D eigenvalue weighted by Crippen LogP contribution is 2.34. The number of anilines is 1. The first-order valence-electron chi connectivity index (χ1n) is 10.7. The molecule has 0 spiro atoms. The van der Waals surface area contributed by atoms with Crippen LogP contribution in [0, 0.1) is 6.92 Å². The number of benzene rings is 3. The molecule has 0 radical (unpaired) electrons. The fraction of sp³-hybridized carbons (Fsp3) is 0.192. The van der Waals surface area contributed by atoms with Gasteiger partial charge in [0.25, 0.3) is 5.91 Å². The summed E-state index contributed by atoms with van der Waals surface area (Å²) in [7, 11) is 0. The highest BCUT2D eigenvalue weighted by molar-refractivity contribution is 8.05. The Bertz CT molecular complexity index is 1170. The minimum Gasteiger partial charge on any atom is -0.490 e. The molecule has 0 bridgehead atoms. The van der Waals surface area contributed by atoms with Crippen LogP contribution in [0.1, 0.15) is 23.6 Å². The zero-order valence-electron chi connectivity index (χ0n) is 18.4. The maximum atomic E-state index is 12.5. The molecule has 1 heterocycles. The molecular weight excluding hydrogens is 456 g/mol. The predicted octanol–water partition coefficient (Wildman–Crippen LogP) is 6.23. The Hall–Kier alpha value is -3.09. The number of ether oxygens (including phenoxy) is 2. The zero-order chi connectivity index (χ0) is 23.2. The van der Waals surface area contributed by atoms with Crippen LogP contribution in [0.25, 0.3) is 6.08 Å². The average Bonchev–Trinajstić information content (AvgIpc) is 3.14. The first-order valence-corrected chi connectivity index (χ1v) is 11.9. The molecule has 2 N–H and O–H groups in total. The van der Waals surface area contributed by atoms with Crippen molar-refractivity contribution in [3.05, 3.63) is 93.3 Å². The molecule has 1 unspecified atom stereocenters. The van der Waals surface area contributed by atoms with E-state index in [1.54, 1.807) is 0 Å². The molecule has 3 aromatic rings. The fourth-order valence-electron chi connectivity index (χ4n) is 3.38. The van der Waals surface area contributed by atoms with Gasteiger partial charge >= 0.3 is 0 Å². The molecule has 4 rings (SSSR count). The van der Waals surface area contributed by atoms with Gasteiger partial charge in [-0.1, -0.05) is 59.8 Å². The second kappa shape index (κ2) is 10.7. The highest BCUT2D eigenvalue weighted by atomic mass is 35.5. The molecule has 33 heavy (non-hydrogen) atoms. The van der Waals surface area contributed by atoms with Gasteiger partial charge in [0.1, 0.15) is 6.61 Å². The number of nitrogens with one attached hydrogen (secondary N) is 2. The molecule has 5 nitrogen and oxygen atoms in total. The summed E-state index contributed by atoms with van der Waals surface area (Å²) in [6.45, 7) is 4.88. The topological polar surface area (TPSA) is 59.6 Å². The average molecular weight is 481 g/mol. The van der Waals surface area contributed by atoms with Crippen LogP contribution in [-0.2, 0) is 11.4 Å². The Morgan fingerprint density at radius 1 is 1.06 bits per heavy atom. The van der Waals surface area contributed by atoms with Crippen LogP contribution >= 0.6 is 23.4 Å². The van der Waals surface area contributed by atoms with Crippen LogP contribution < -0.4 is 20.1 Å². The van der Waals surface area contributed by atoms with Crippen molar-refractivity contribution in [2.45, 2.75) is 26.0 Å². The quantitative estimate of drug-likeness (QED) is 0.374. The molecule has 1 aliphatic rings. The van der Waals surface area contributed by atoms with Gasteiger partial charge in [0.05, 0.1) is 11.5 Å². The molecule has 1 amide bonds. The van der Waals surface area contributed by atoms with E-state index in [0.717, 1.165) is 22.4 Å². The molecule has 0 aliphatic carbocycles. The zero-order valence-corrected chi connectivity index (χ0v) is 20.0. The lowest BCUT2D eigenvalue weighted by Gasteiger charge is -2.15. The van der Waals surface area contributed by atoms with Crippen molar-refractivity contribution >= 4 is 41.0 Å². The van der Waals surface area contributed by atoms with Gasteiger partial charge in [0.2, 0.25) is 0 Å². The molecule has 0 saturated carbocycles. The third-order valence-electron chi connectivity index (χ3n) is 5.01. The largest absolute Gasteiger partial charge is 0.490 e. The Morgan fingerprint density at radius 3 is 2.64 bits per heavy atom. The minimum absolute atomic E-state index is 0.119. The summed E-state index contributed by atoms with van der Waals surface area (Å²) < 4.78 is 11.8. The minimum atomic E-state index is -0.261. The first kappa shape index (κ1) is 23.1. The van der Waals surface area contributed by atoms with Gasteiger partial charge in [-0.2, -0.15) is 0 Å². The van der Waals surface area contributed by atoms with E-state index in [-0.39, 0.29) is 11.4 Å². The Kier molecular flexibility index (Phi) is 7.47. The van der Waals surface area contributed by atoms with Crippen molar-refractivity contribution in [2.75, 3.05) is 11.9 Å². The van der Waals surface area contributed by atoms with Crippen LogP contribution in [0.3, 0.4) is 0 Å². The molecule has 0 aromatic heterocycles. The third kappa shape index (κ3) is 6.03.